The van der Waals surface area contributed by atoms with Crippen LogP contribution in [-0.4, -0.2) is 24.1 Å². The summed E-state index contributed by atoms with van der Waals surface area (Å²) in [5.41, 5.74) is 4.01. The molecule has 0 bridgehead atoms. The number of hydrogen-bond acceptors (Lipinski definition) is 4. The van der Waals surface area contributed by atoms with Crippen molar-refractivity contribution in [1.29, 1.82) is 5.26 Å². The number of ether oxygens (including phenoxy) is 2. The van der Waals surface area contributed by atoms with Gasteiger partial charge in [-0.15, -0.1) is 0 Å². The Kier molecular flexibility index (Phi) is 5.72. The molecule has 154 valence electrons. The second kappa shape index (κ2) is 8.76. The molecule has 0 N–H and O–H groups in total. The molecule has 0 saturated carbocycles. The molecule has 0 aliphatic rings. The number of aromatic nitrogens is 1. The number of Topliss-reactive ketones (excluding diaryl/α,β-unsaturated/α-hetero) is 1. The number of nitriles is 1. The summed E-state index contributed by atoms with van der Waals surface area (Å²) in [6.45, 7) is 2.67. The number of rotatable bonds is 7. The molecular weight excluding hydrogens is 388 g/mol. The van der Waals surface area contributed by atoms with Crippen LogP contribution >= 0.6 is 0 Å². The van der Waals surface area contributed by atoms with Gasteiger partial charge in [0.1, 0.15) is 0 Å². The number of fused-ring (bicyclic) bond motifs is 1. The van der Waals surface area contributed by atoms with Gasteiger partial charge < -0.3 is 14.0 Å². The van der Waals surface area contributed by atoms with Crippen molar-refractivity contribution in [3.8, 4) is 28.8 Å². The van der Waals surface area contributed by atoms with Gasteiger partial charge in [-0.25, -0.2) is 0 Å². The first-order chi connectivity index (χ1) is 15.2. The van der Waals surface area contributed by atoms with Gasteiger partial charge in [-0.05, 0) is 30.7 Å². The zero-order chi connectivity index (χ0) is 21.8. The van der Waals surface area contributed by atoms with E-state index in [1.54, 1.807) is 18.2 Å². The summed E-state index contributed by atoms with van der Waals surface area (Å²) in [5, 5.41) is 9.98. The Labute approximate surface area is 181 Å². The average Bonchev–Trinajstić information content (AvgIpc) is 3.17. The number of methoxy groups -OCH3 is 1. The zero-order valence-corrected chi connectivity index (χ0v) is 17.5. The number of ketones is 1. The molecule has 0 spiro atoms. The Morgan fingerprint density at radius 2 is 1.74 bits per heavy atom. The van der Waals surface area contributed by atoms with Crippen molar-refractivity contribution in [3.63, 3.8) is 0 Å². The maximum atomic E-state index is 13.4. The molecule has 0 amide bonds. The standard InChI is InChI=1S/C26H22N2O3/c1-3-28-21-12-8-7-11-20(21)25(26(28)19-9-5-4-6-10-19)22(29)17-31-23-14-13-18(16-27)15-24(23)30-2/h4-15H,3,17H2,1-2H3. The van der Waals surface area contributed by atoms with E-state index >= 15 is 0 Å². The third-order valence-corrected chi connectivity index (χ3v) is 5.26. The van der Waals surface area contributed by atoms with Crippen molar-refractivity contribution in [2.75, 3.05) is 13.7 Å². The van der Waals surface area contributed by atoms with Crippen LogP contribution in [0.2, 0.25) is 0 Å². The number of para-hydroxylation sites is 1. The SMILES string of the molecule is CCn1c(-c2ccccc2)c(C(=O)COc2ccc(C#N)cc2OC)c2ccccc21. The molecule has 0 aliphatic heterocycles. The summed E-state index contributed by atoms with van der Waals surface area (Å²) in [4.78, 5) is 13.4. The van der Waals surface area contributed by atoms with E-state index in [1.807, 2.05) is 54.6 Å². The minimum atomic E-state index is -0.139. The Morgan fingerprint density at radius 3 is 2.45 bits per heavy atom. The summed E-state index contributed by atoms with van der Waals surface area (Å²) >= 11 is 0. The van der Waals surface area contributed by atoms with Gasteiger partial charge in [-0.1, -0.05) is 48.5 Å². The maximum Gasteiger partial charge on any atom is 0.203 e. The van der Waals surface area contributed by atoms with Gasteiger partial charge in [-0.3, -0.25) is 4.79 Å². The van der Waals surface area contributed by atoms with Crippen molar-refractivity contribution >= 4 is 16.7 Å². The molecule has 4 rings (SSSR count). The summed E-state index contributed by atoms with van der Waals surface area (Å²) in [5.74, 6) is 0.732. The normalized spacial score (nSPS) is 10.6. The third-order valence-electron chi connectivity index (χ3n) is 5.26. The number of carbonyl (C=O) groups excluding carboxylic acids is 1. The second-order valence-corrected chi connectivity index (χ2v) is 7.04. The highest BCUT2D eigenvalue weighted by atomic mass is 16.5. The lowest BCUT2D eigenvalue weighted by Crippen LogP contribution is -2.13. The molecular formula is C26H22N2O3. The zero-order valence-electron chi connectivity index (χ0n) is 17.5. The number of nitrogens with zero attached hydrogens (tertiary/aromatic N) is 2. The number of aryl methyl sites for hydroxylation is 1. The van der Waals surface area contributed by atoms with Gasteiger partial charge in [0.15, 0.2) is 18.1 Å². The smallest absolute Gasteiger partial charge is 0.203 e. The van der Waals surface area contributed by atoms with Crippen molar-refractivity contribution < 1.29 is 14.3 Å². The van der Waals surface area contributed by atoms with Crippen LogP contribution in [0.25, 0.3) is 22.2 Å². The highest BCUT2D eigenvalue weighted by Crippen LogP contribution is 2.35. The molecule has 5 nitrogen and oxygen atoms in total. The van der Waals surface area contributed by atoms with Crippen molar-refractivity contribution in [2.45, 2.75) is 13.5 Å². The minimum absolute atomic E-state index is 0.117. The monoisotopic (exact) mass is 410 g/mol. The Bertz CT molecular complexity index is 1280. The fourth-order valence-corrected chi connectivity index (χ4v) is 3.88. The van der Waals surface area contributed by atoms with E-state index in [4.69, 9.17) is 14.7 Å². The van der Waals surface area contributed by atoms with E-state index in [-0.39, 0.29) is 12.4 Å². The Hall–Kier alpha value is -4.04. The highest BCUT2D eigenvalue weighted by molar-refractivity contribution is 6.14. The Balaban J connectivity index is 1.76. The first-order valence-corrected chi connectivity index (χ1v) is 10.1. The molecule has 0 aliphatic carbocycles. The van der Waals surface area contributed by atoms with Gasteiger partial charge in [0.2, 0.25) is 5.78 Å². The van der Waals surface area contributed by atoms with E-state index in [0.29, 0.717) is 22.6 Å². The lowest BCUT2D eigenvalue weighted by atomic mass is 10.0. The lowest BCUT2D eigenvalue weighted by molar-refractivity contribution is 0.0921. The van der Waals surface area contributed by atoms with Crippen LogP contribution in [0.3, 0.4) is 0 Å². The molecule has 1 heterocycles. The minimum Gasteiger partial charge on any atom is -0.493 e. The molecule has 1 aromatic heterocycles. The van der Waals surface area contributed by atoms with E-state index in [0.717, 1.165) is 28.7 Å². The van der Waals surface area contributed by atoms with E-state index in [1.165, 1.54) is 7.11 Å². The molecule has 0 atom stereocenters. The molecule has 0 unspecified atom stereocenters. The number of benzene rings is 3. The largest absolute Gasteiger partial charge is 0.493 e. The van der Waals surface area contributed by atoms with Crippen LogP contribution in [0, 0.1) is 11.3 Å². The molecule has 31 heavy (non-hydrogen) atoms. The van der Waals surface area contributed by atoms with Gasteiger partial charge >= 0.3 is 0 Å². The number of carbonyl (C=O) groups is 1. The summed E-state index contributed by atoms with van der Waals surface area (Å²) in [7, 11) is 1.51. The molecule has 3 aromatic carbocycles. The van der Waals surface area contributed by atoms with Gasteiger partial charge in [-0.2, -0.15) is 5.26 Å². The molecule has 0 radical (unpaired) electrons. The van der Waals surface area contributed by atoms with Crippen LogP contribution in [0.4, 0.5) is 0 Å². The number of hydrogen-bond donors (Lipinski definition) is 0. The lowest BCUT2D eigenvalue weighted by Gasteiger charge is -2.12. The predicted octanol–water partition coefficient (Wildman–Crippen LogP) is 5.47. The molecule has 4 aromatic rings. The Morgan fingerprint density at radius 1 is 1.00 bits per heavy atom. The summed E-state index contributed by atoms with van der Waals surface area (Å²) in [6, 6.07) is 24.8. The predicted molar refractivity (Wildman–Crippen MR) is 121 cm³/mol. The molecule has 0 saturated heterocycles. The fraction of sp³-hybridized carbons (Fsp3) is 0.154. The van der Waals surface area contributed by atoms with Gasteiger partial charge in [0.05, 0.1) is 30.0 Å². The first kappa shape index (κ1) is 20.2. The van der Waals surface area contributed by atoms with Gasteiger partial charge in [0.25, 0.3) is 0 Å². The first-order valence-electron chi connectivity index (χ1n) is 10.1. The highest BCUT2D eigenvalue weighted by Gasteiger charge is 2.23. The van der Waals surface area contributed by atoms with Crippen molar-refractivity contribution in [2.24, 2.45) is 0 Å². The van der Waals surface area contributed by atoms with E-state index in [9.17, 15) is 4.79 Å². The van der Waals surface area contributed by atoms with Crippen LogP contribution in [0.1, 0.15) is 22.8 Å². The fourth-order valence-electron chi connectivity index (χ4n) is 3.88. The van der Waals surface area contributed by atoms with Gasteiger partial charge in [0, 0.05) is 23.5 Å². The van der Waals surface area contributed by atoms with Crippen LogP contribution < -0.4 is 9.47 Å². The van der Waals surface area contributed by atoms with E-state index < -0.39 is 0 Å². The van der Waals surface area contributed by atoms with Crippen molar-refractivity contribution in [3.05, 3.63) is 83.9 Å². The topological polar surface area (TPSA) is 64.2 Å². The molecule has 5 heteroatoms. The van der Waals surface area contributed by atoms with Crippen LogP contribution in [0.5, 0.6) is 11.5 Å². The van der Waals surface area contributed by atoms with E-state index in [2.05, 4.69) is 17.6 Å². The second-order valence-electron chi connectivity index (χ2n) is 7.04. The van der Waals surface area contributed by atoms with Crippen LogP contribution in [0.15, 0.2) is 72.8 Å². The third kappa shape index (κ3) is 3.76. The quantitative estimate of drug-likeness (QED) is 0.379. The summed E-state index contributed by atoms with van der Waals surface area (Å²) < 4.78 is 13.3. The van der Waals surface area contributed by atoms with Crippen LogP contribution in [-0.2, 0) is 6.54 Å². The molecule has 0 fully saturated rings. The van der Waals surface area contributed by atoms with Crippen molar-refractivity contribution in [1.82, 2.24) is 4.57 Å². The summed E-state index contributed by atoms with van der Waals surface area (Å²) in [6.07, 6.45) is 0. The average molecular weight is 410 g/mol. The maximum absolute atomic E-state index is 13.4.